The summed E-state index contributed by atoms with van der Waals surface area (Å²) >= 11 is 0. The van der Waals surface area contributed by atoms with Crippen LogP contribution in [0.5, 0.6) is 5.75 Å². The van der Waals surface area contributed by atoms with Gasteiger partial charge in [-0.1, -0.05) is 12.9 Å². The smallest absolute Gasteiger partial charge is 0.414 e. The van der Waals surface area contributed by atoms with E-state index in [1.54, 1.807) is 11.8 Å². The van der Waals surface area contributed by atoms with Gasteiger partial charge in [0.2, 0.25) is 0 Å². The molecular formula is C28H36BN3O5. The molecule has 37 heavy (non-hydrogen) atoms. The third kappa shape index (κ3) is 6.28. The molecule has 1 atom stereocenters. The number of ether oxygens (including phenoxy) is 2. The van der Waals surface area contributed by atoms with Gasteiger partial charge in [-0.3, -0.25) is 9.80 Å². The largest absolute Gasteiger partial charge is 0.494 e. The second-order valence-corrected chi connectivity index (χ2v) is 10.2. The molecule has 0 saturated carbocycles. The van der Waals surface area contributed by atoms with Crippen LogP contribution in [0, 0.1) is 0 Å². The predicted octanol–water partition coefficient (Wildman–Crippen LogP) is 3.33. The second-order valence-electron chi connectivity index (χ2n) is 10.2. The highest BCUT2D eigenvalue weighted by molar-refractivity contribution is 6.67. The molecule has 1 amide bonds. The molecule has 0 N–H and O–H groups in total. The van der Waals surface area contributed by atoms with E-state index in [2.05, 4.69) is 40.9 Å². The minimum Gasteiger partial charge on any atom is -0.494 e. The summed E-state index contributed by atoms with van der Waals surface area (Å²) < 4.78 is 17.1. The number of carbonyl (C=O) groups excluding carboxylic acids is 2. The fraction of sp³-hybridized carbons (Fsp3) is 0.500. The van der Waals surface area contributed by atoms with E-state index in [4.69, 9.17) is 14.1 Å². The normalized spacial score (nSPS) is 19.8. The monoisotopic (exact) mass is 505 g/mol. The Morgan fingerprint density at radius 1 is 1.08 bits per heavy atom. The minimum absolute atomic E-state index is 0.118. The SMILES string of the molecule is CB1OCc2ccc(OCCCN3CCN(c4ccc(N5CC(CCC(C)=O)OC5=O)cc4)CC3)cc21. The molecule has 196 valence electrons. The summed E-state index contributed by atoms with van der Waals surface area (Å²) in [6.45, 7) is 10.7. The molecule has 1 unspecified atom stereocenters. The van der Waals surface area contributed by atoms with Crippen molar-refractivity contribution >= 4 is 35.6 Å². The van der Waals surface area contributed by atoms with Gasteiger partial charge in [-0.15, -0.1) is 0 Å². The standard InChI is InChI=1S/C28H36BN3O5/c1-21(33)4-10-26-19-32(28(34)37-26)24-8-6-23(7-9-24)31-15-13-30(14-16-31)12-3-17-35-25-11-5-22-20-36-29(2)27(22)18-25/h5-9,11,18,26H,3-4,10,12-17,19-20H2,1-2H3. The number of Topliss-reactive ketones (excluding diaryl/α,β-unsaturated/α-hetero) is 1. The topological polar surface area (TPSA) is 71.6 Å². The number of anilines is 2. The molecule has 0 radical (unpaired) electrons. The Labute approximate surface area is 219 Å². The number of rotatable bonds is 10. The van der Waals surface area contributed by atoms with Crippen LogP contribution in [0.3, 0.4) is 0 Å². The van der Waals surface area contributed by atoms with Gasteiger partial charge in [-0.05, 0) is 67.2 Å². The van der Waals surface area contributed by atoms with E-state index in [0.29, 0.717) is 32.6 Å². The van der Waals surface area contributed by atoms with Crippen molar-refractivity contribution in [2.75, 3.05) is 55.7 Å². The van der Waals surface area contributed by atoms with Gasteiger partial charge < -0.3 is 23.8 Å². The van der Waals surface area contributed by atoms with E-state index in [1.165, 1.54) is 16.7 Å². The molecule has 8 nitrogen and oxygen atoms in total. The molecule has 0 aliphatic carbocycles. The van der Waals surface area contributed by atoms with Crippen LogP contribution < -0.4 is 20.0 Å². The summed E-state index contributed by atoms with van der Waals surface area (Å²) in [6.07, 6.45) is 1.46. The number of carbonyl (C=O) groups is 2. The van der Waals surface area contributed by atoms with E-state index in [1.807, 2.05) is 18.2 Å². The highest BCUT2D eigenvalue weighted by Gasteiger charge is 2.32. The molecule has 3 aliphatic rings. The van der Waals surface area contributed by atoms with Gasteiger partial charge in [0.15, 0.2) is 0 Å². The zero-order valence-electron chi connectivity index (χ0n) is 21.9. The van der Waals surface area contributed by atoms with Gasteiger partial charge in [0.25, 0.3) is 0 Å². The van der Waals surface area contributed by atoms with E-state index >= 15 is 0 Å². The van der Waals surface area contributed by atoms with Crippen LogP contribution in [0.4, 0.5) is 16.2 Å². The Hall–Kier alpha value is -3.04. The van der Waals surface area contributed by atoms with Crippen LogP contribution in [-0.4, -0.2) is 75.7 Å². The molecule has 3 aliphatic heterocycles. The first-order valence-electron chi connectivity index (χ1n) is 13.4. The summed E-state index contributed by atoms with van der Waals surface area (Å²) in [5, 5.41) is 0. The number of ketones is 1. The third-order valence-corrected chi connectivity index (χ3v) is 7.52. The average molecular weight is 505 g/mol. The molecule has 3 heterocycles. The molecule has 9 heteroatoms. The number of fused-ring (bicyclic) bond motifs is 1. The van der Waals surface area contributed by atoms with Gasteiger partial charge in [0.1, 0.15) is 17.6 Å². The van der Waals surface area contributed by atoms with Crippen molar-refractivity contribution in [1.29, 1.82) is 0 Å². The van der Waals surface area contributed by atoms with Gasteiger partial charge in [-0.2, -0.15) is 0 Å². The quantitative estimate of drug-likeness (QED) is 0.363. The highest BCUT2D eigenvalue weighted by Crippen LogP contribution is 2.27. The molecule has 0 aromatic heterocycles. The number of amides is 1. The number of piperazine rings is 1. The molecular weight excluding hydrogens is 469 g/mol. The average Bonchev–Trinajstić information content (AvgIpc) is 3.47. The van der Waals surface area contributed by atoms with Crippen molar-refractivity contribution in [3.8, 4) is 5.75 Å². The fourth-order valence-corrected chi connectivity index (χ4v) is 5.28. The summed E-state index contributed by atoms with van der Waals surface area (Å²) in [5.41, 5.74) is 4.52. The van der Waals surface area contributed by atoms with Crippen LogP contribution in [0.25, 0.3) is 0 Å². The van der Waals surface area contributed by atoms with E-state index in [0.717, 1.165) is 50.6 Å². The maximum Gasteiger partial charge on any atom is 0.414 e. The van der Waals surface area contributed by atoms with E-state index < -0.39 is 0 Å². The first-order chi connectivity index (χ1) is 18.0. The number of hydrogen-bond donors (Lipinski definition) is 0. The van der Waals surface area contributed by atoms with Crippen LogP contribution in [0.15, 0.2) is 42.5 Å². The summed E-state index contributed by atoms with van der Waals surface area (Å²) in [7, 11) is 0. The Morgan fingerprint density at radius 2 is 1.84 bits per heavy atom. The summed E-state index contributed by atoms with van der Waals surface area (Å²) in [6, 6.07) is 14.4. The van der Waals surface area contributed by atoms with Crippen LogP contribution in [0.2, 0.25) is 6.82 Å². The molecule has 2 saturated heterocycles. The fourth-order valence-electron chi connectivity index (χ4n) is 5.28. The Kier molecular flexibility index (Phi) is 8.00. The van der Waals surface area contributed by atoms with Gasteiger partial charge >= 0.3 is 13.0 Å². The van der Waals surface area contributed by atoms with Crippen LogP contribution >= 0.6 is 0 Å². The molecule has 0 spiro atoms. The van der Waals surface area contributed by atoms with E-state index in [9.17, 15) is 9.59 Å². The van der Waals surface area contributed by atoms with Crippen molar-refractivity contribution in [2.24, 2.45) is 0 Å². The van der Waals surface area contributed by atoms with Gasteiger partial charge in [-0.25, -0.2) is 4.79 Å². The summed E-state index contributed by atoms with van der Waals surface area (Å²) in [5.74, 6) is 1.05. The maximum atomic E-state index is 12.3. The predicted molar refractivity (Wildman–Crippen MR) is 145 cm³/mol. The van der Waals surface area contributed by atoms with Crippen molar-refractivity contribution < 1.29 is 23.7 Å². The Morgan fingerprint density at radius 3 is 2.59 bits per heavy atom. The lowest BCUT2D eigenvalue weighted by Gasteiger charge is -2.36. The molecule has 0 bridgehead atoms. The lowest BCUT2D eigenvalue weighted by atomic mass is 9.64. The number of benzene rings is 2. The lowest BCUT2D eigenvalue weighted by Crippen LogP contribution is -2.46. The number of nitrogens with zero attached hydrogens (tertiary/aromatic N) is 3. The Bertz CT molecular complexity index is 1100. The zero-order valence-corrected chi connectivity index (χ0v) is 21.9. The van der Waals surface area contributed by atoms with E-state index in [-0.39, 0.29) is 24.9 Å². The number of hydrogen-bond acceptors (Lipinski definition) is 7. The minimum atomic E-state index is -0.335. The maximum absolute atomic E-state index is 12.3. The highest BCUT2D eigenvalue weighted by atomic mass is 16.6. The van der Waals surface area contributed by atoms with Crippen molar-refractivity contribution in [3.05, 3.63) is 48.0 Å². The lowest BCUT2D eigenvalue weighted by molar-refractivity contribution is -0.117. The molecule has 2 fully saturated rings. The van der Waals surface area contributed by atoms with Crippen LogP contribution in [-0.2, 0) is 20.8 Å². The molecule has 5 rings (SSSR count). The van der Waals surface area contributed by atoms with Crippen molar-refractivity contribution in [2.45, 2.75) is 45.7 Å². The van der Waals surface area contributed by atoms with Gasteiger partial charge in [0.05, 0.1) is 19.8 Å². The molecule has 2 aromatic rings. The van der Waals surface area contributed by atoms with Crippen molar-refractivity contribution in [3.63, 3.8) is 0 Å². The summed E-state index contributed by atoms with van der Waals surface area (Å²) in [4.78, 5) is 30.1. The first-order valence-corrected chi connectivity index (χ1v) is 13.4. The van der Waals surface area contributed by atoms with Gasteiger partial charge in [0, 0.05) is 50.5 Å². The zero-order chi connectivity index (χ0) is 25.8. The Balaban J connectivity index is 1.03. The first kappa shape index (κ1) is 25.6. The molecule has 2 aromatic carbocycles. The van der Waals surface area contributed by atoms with Crippen molar-refractivity contribution in [1.82, 2.24) is 4.90 Å². The van der Waals surface area contributed by atoms with Crippen LogP contribution in [0.1, 0.15) is 31.7 Å². The second kappa shape index (κ2) is 11.6. The third-order valence-electron chi connectivity index (χ3n) is 7.52. The number of cyclic esters (lactones) is 1.